The summed E-state index contributed by atoms with van der Waals surface area (Å²) in [6.45, 7) is 9.78. The maximum atomic E-state index is 4.20. The Labute approximate surface area is 138 Å². The molecule has 0 aliphatic heterocycles. The van der Waals surface area contributed by atoms with Gasteiger partial charge in [-0.15, -0.1) is 0 Å². The second kappa shape index (κ2) is 10.1. The molecule has 2 rings (SSSR count). The van der Waals surface area contributed by atoms with E-state index in [1.165, 1.54) is 12.8 Å². The van der Waals surface area contributed by atoms with Crippen LogP contribution in [0.4, 0.5) is 0 Å². The summed E-state index contributed by atoms with van der Waals surface area (Å²) in [7, 11) is 0. The molecule has 0 aliphatic carbocycles. The molecule has 0 unspecified atom stereocenters. The van der Waals surface area contributed by atoms with Crippen molar-refractivity contribution >= 4 is 0 Å². The molecule has 2 heterocycles. The lowest BCUT2D eigenvalue weighted by molar-refractivity contribution is 0.504. The maximum Gasteiger partial charge on any atom is 0.106 e. The van der Waals surface area contributed by atoms with Crippen LogP contribution in [0.2, 0.25) is 0 Å². The van der Waals surface area contributed by atoms with Gasteiger partial charge in [-0.2, -0.15) is 0 Å². The second-order valence-electron chi connectivity index (χ2n) is 5.66. The highest BCUT2D eigenvalue weighted by Crippen LogP contribution is 1.93. The minimum Gasteiger partial charge on any atom is -0.322 e. The average Bonchev–Trinajstić information content (AvgIpc) is 3.14. The monoisotopic (exact) mass is 319 g/mol. The lowest BCUT2D eigenvalue weighted by Crippen LogP contribution is -2.29. The first-order chi connectivity index (χ1) is 11.3. The number of aryl methyl sites for hydroxylation is 2. The summed E-state index contributed by atoms with van der Waals surface area (Å²) in [5, 5.41) is 10.3. The summed E-state index contributed by atoms with van der Waals surface area (Å²) in [4.78, 5) is 8.40. The third kappa shape index (κ3) is 6.52. The van der Waals surface area contributed by atoms with Gasteiger partial charge < -0.3 is 14.5 Å². The van der Waals surface area contributed by atoms with Crippen molar-refractivity contribution in [2.24, 2.45) is 0 Å². The summed E-state index contributed by atoms with van der Waals surface area (Å²) in [5.41, 5.74) is 0. The Kier molecular flexibility index (Phi) is 7.79. The fourth-order valence-electron chi connectivity index (χ4n) is 2.34. The van der Waals surface area contributed by atoms with Crippen LogP contribution in [0.5, 0.6) is 0 Å². The molecular formula is C16H29N7. The van der Waals surface area contributed by atoms with Gasteiger partial charge in [-0.25, -0.2) is 9.97 Å². The van der Waals surface area contributed by atoms with Crippen molar-refractivity contribution in [1.82, 2.24) is 35.1 Å². The molecule has 7 nitrogen and oxygen atoms in total. The van der Waals surface area contributed by atoms with Crippen LogP contribution in [0.3, 0.4) is 0 Å². The molecule has 3 N–H and O–H groups in total. The topological polar surface area (TPSA) is 71.7 Å². The first-order valence-electron chi connectivity index (χ1n) is 8.35. The van der Waals surface area contributed by atoms with Crippen LogP contribution in [-0.2, 0) is 13.3 Å². The Morgan fingerprint density at radius 2 is 1.22 bits per heavy atom. The Hall–Kier alpha value is -1.70. The standard InChI is InChI=1S/C16H29N7/c1-15-20-9-11-22(15)13-18-6-4-3-5-17-7-8-19-14-23-12-10-21-16(23)2/h9-12,17-19H,3-8,13-14H2,1-2H3. The molecule has 0 atom stereocenters. The summed E-state index contributed by atoms with van der Waals surface area (Å²) in [6, 6.07) is 0. The molecule has 0 amide bonds. The van der Waals surface area contributed by atoms with Crippen molar-refractivity contribution in [1.29, 1.82) is 0 Å². The van der Waals surface area contributed by atoms with E-state index in [0.29, 0.717) is 0 Å². The van der Waals surface area contributed by atoms with Crippen LogP contribution in [0.25, 0.3) is 0 Å². The molecule has 2 aromatic heterocycles. The van der Waals surface area contributed by atoms with E-state index in [0.717, 1.165) is 51.2 Å². The van der Waals surface area contributed by atoms with Crippen LogP contribution >= 0.6 is 0 Å². The molecule has 23 heavy (non-hydrogen) atoms. The van der Waals surface area contributed by atoms with Crippen molar-refractivity contribution in [2.75, 3.05) is 26.2 Å². The van der Waals surface area contributed by atoms with E-state index in [2.05, 4.69) is 35.1 Å². The Bertz CT molecular complexity index is 498. The lowest BCUT2D eigenvalue weighted by atomic mass is 10.3. The van der Waals surface area contributed by atoms with Crippen molar-refractivity contribution in [3.63, 3.8) is 0 Å². The predicted molar refractivity (Wildman–Crippen MR) is 92.0 cm³/mol. The lowest BCUT2D eigenvalue weighted by Gasteiger charge is -2.09. The number of rotatable bonds is 12. The van der Waals surface area contributed by atoms with Gasteiger partial charge in [0.25, 0.3) is 0 Å². The van der Waals surface area contributed by atoms with Gasteiger partial charge >= 0.3 is 0 Å². The number of unbranched alkanes of at least 4 members (excludes halogenated alkanes) is 1. The number of imidazole rings is 2. The normalized spacial score (nSPS) is 11.2. The summed E-state index contributed by atoms with van der Waals surface area (Å²) in [6.07, 6.45) is 10.0. The molecule has 0 bridgehead atoms. The zero-order valence-electron chi connectivity index (χ0n) is 14.3. The molecule has 128 valence electrons. The van der Waals surface area contributed by atoms with E-state index in [4.69, 9.17) is 0 Å². The Morgan fingerprint density at radius 3 is 1.74 bits per heavy atom. The van der Waals surface area contributed by atoms with Crippen LogP contribution in [0, 0.1) is 13.8 Å². The van der Waals surface area contributed by atoms with Gasteiger partial charge in [-0.3, -0.25) is 10.6 Å². The van der Waals surface area contributed by atoms with Crippen LogP contribution in [0.1, 0.15) is 24.5 Å². The van der Waals surface area contributed by atoms with E-state index in [1.807, 2.05) is 38.6 Å². The molecular weight excluding hydrogens is 290 g/mol. The van der Waals surface area contributed by atoms with Gasteiger partial charge in [0, 0.05) is 37.9 Å². The van der Waals surface area contributed by atoms with Gasteiger partial charge in [0.1, 0.15) is 11.6 Å². The van der Waals surface area contributed by atoms with Gasteiger partial charge in [0.2, 0.25) is 0 Å². The van der Waals surface area contributed by atoms with Crippen LogP contribution in [-0.4, -0.2) is 45.3 Å². The Morgan fingerprint density at radius 1 is 0.739 bits per heavy atom. The first-order valence-corrected chi connectivity index (χ1v) is 8.35. The second-order valence-corrected chi connectivity index (χ2v) is 5.66. The van der Waals surface area contributed by atoms with Gasteiger partial charge in [0.15, 0.2) is 0 Å². The third-order valence-electron chi connectivity index (χ3n) is 3.85. The number of hydrogen-bond donors (Lipinski definition) is 3. The molecule has 0 spiro atoms. The van der Waals surface area contributed by atoms with Crippen molar-refractivity contribution in [3.05, 3.63) is 36.4 Å². The number of nitrogens with zero attached hydrogens (tertiary/aromatic N) is 4. The van der Waals surface area contributed by atoms with Gasteiger partial charge in [-0.1, -0.05) is 0 Å². The smallest absolute Gasteiger partial charge is 0.106 e. The van der Waals surface area contributed by atoms with Crippen molar-refractivity contribution in [2.45, 2.75) is 40.0 Å². The highest BCUT2D eigenvalue weighted by atomic mass is 15.2. The Balaban J connectivity index is 1.36. The van der Waals surface area contributed by atoms with Gasteiger partial charge in [0.05, 0.1) is 13.3 Å². The first kappa shape index (κ1) is 17.7. The summed E-state index contributed by atoms with van der Waals surface area (Å²) >= 11 is 0. The van der Waals surface area contributed by atoms with E-state index in [-0.39, 0.29) is 0 Å². The average molecular weight is 319 g/mol. The van der Waals surface area contributed by atoms with Gasteiger partial charge in [-0.05, 0) is 39.8 Å². The molecule has 0 saturated heterocycles. The number of hydrogen-bond acceptors (Lipinski definition) is 5. The number of aromatic nitrogens is 4. The molecule has 0 radical (unpaired) electrons. The maximum absolute atomic E-state index is 4.20. The van der Waals surface area contributed by atoms with E-state index >= 15 is 0 Å². The third-order valence-corrected chi connectivity index (χ3v) is 3.85. The highest BCUT2D eigenvalue weighted by molar-refractivity contribution is 4.88. The van der Waals surface area contributed by atoms with Crippen molar-refractivity contribution in [3.8, 4) is 0 Å². The predicted octanol–water partition coefficient (Wildman–Crippen LogP) is 0.861. The molecule has 0 fully saturated rings. The van der Waals surface area contributed by atoms with E-state index < -0.39 is 0 Å². The summed E-state index contributed by atoms with van der Waals surface area (Å²) < 4.78 is 4.22. The minimum atomic E-state index is 0.825. The fraction of sp³-hybridized carbons (Fsp3) is 0.625. The number of nitrogens with one attached hydrogen (secondary N) is 3. The van der Waals surface area contributed by atoms with E-state index in [9.17, 15) is 0 Å². The fourth-order valence-corrected chi connectivity index (χ4v) is 2.34. The largest absolute Gasteiger partial charge is 0.322 e. The SMILES string of the molecule is Cc1nccn1CNCCCCNCCNCn1ccnc1C. The minimum absolute atomic E-state index is 0.825. The zero-order chi connectivity index (χ0) is 16.3. The summed E-state index contributed by atoms with van der Waals surface area (Å²) in [5.74, 6) is 2.10. The highest BCUT2D eigenvalue weighted by Gasteiger charge is 1.96. The molecule has 0 aliphatic rings. The van der Waals surface area contributed by atoms with Crippen LogP contribution < -0.4 is 16.0 Å². The molecule has 2 aromatic rings. The van der Waals surface area contributed by atoms with Crippen molar-refractivity contribution < 1.29 is 0 Å². The zero-order valence-corrected chi connectivity index (χ0v) is 14.3. The van der Waals surface area contributed by atoms with Crippen LogP contribution in [0.15, 0.2) is 24.8 Å². The molecule has 0 saturated carbocycles. The quantitative estimate of drug-likeness (QED) is 0.506. The molecule has 0 aromatic carbocycles. The van der Waals surface area contributed by atoms with E-state index in [1.54, 1.807) is 0 Å². The molecule has 7 heteroatoms.